The van der Waals surface area contributed by atoms with E-state index in [9.17, 15) is 9.59 Å². The van der Waals surface area contributed by atoms with Crippen LogP contribution < -0.4 is 10.6 Å². The third-order valence-corrected chi connectivity index (χ3v) is 4.56. The minimum atomic E-state index is -0.494. The van der Waals surface area contributed by atoms with Gasteiger partial charge in [-0.25, -0.2) is 4.99 Å². The zero-order chi connectivity index (χ0) is 16.9. The van der Waals surface area contributed by atoms with E-state index >= 15 is 0 Å². The number of hydrogen-bond donors (Lipinski definition) is 2. The summed E-state index contributed by atoms with van der Waals surface area (Å²) >= 11 is 7.14. The lowest BCUT2D eigenvalue weighted by Crippen LogP contribution is -2.28. The van der Waals surface area contributed by atoms with E-state index in [-0.39, 0.29) is 18.2 Å². The molecule has 0 bridgehead atoms. The summed E-state index contributed by atoms with van der Waals surface area (Å²) in [7, 11) is 0. The molecule has 1 aliphatic heterocycles. The van der Waals surface area contributed by atoms with Gasteiger partial charge in [-0.2, -0.15) is 0 Å². The molecule has 1 atom stereocenters. The monoisotopic (exact) mass is 359 g/mol. The number of para-hydroxylation sites is 1. The molecule has 2 N–H and O–H groups in total. The van der Waals surface area contributed by atoms with E-state index in [4.69, 9.17) is 11.6 Å². The Bertz CT molecular complexity index is 795. The fourth-order valence-corrected chi connectivity index (χ4v) is 3.34. The number of nitrogens with one attached hydrogen (secondary N) is 2. The van der Waals surface area contributed by atoms with Crippen molar-refractivity contribution < 1.29 is 9.59 Å². The van der Waals surface area contributed by atoms with Crippen LogP contribution in [0.5, 0.6) is 0 Å². The van der Waals surface area contributed by atoms with Gasteiger partial charge in [-0.3, -0.25) is 9.59 Å². The maximum Gasteiger partial charge on any atom is 0.240 e. The van der Waals surface area contributed by atoms with E-state index < -0.39 is 5.25 Å². The first-order chi connectivity index (χ1) is 11.6. The molecule has 2 aromatic carbocycles. The first-order valence-corrected chi connectivity index (χ1v) is 8.52. The summed E-state index contributed by atoms with van der Waals surface area (Å²) in [5.74, 6) is -0.457. The Morgan fingerprint density at radius 1 is 1.21 bits per heavy atom. The van der Waals surface area contributed by atoms with Crippen LogP contribution in [-0.2, 0) is 9.59 Å². The van der Waals surface area contributed by atoms with Gasteiger partial charge >= 0.3 is 0 Å². The quantitative estimate of drug-likeness (QED) is 0.876. The minimum Gasteiger partial charge on any atom is -0.326 e. The van der Waals surface area contributed by atoms with Crippen molar-refractivity contribution >= 4 is 51.7 Å². The Labute approximate surface area is 148 Å². The average Bonchev–Trinajstić information content (AvgIpc) is 2.87. The second-order valence-corrected chi connectivity index (χ2v) is 6.74. The molecule has 1 fully saturated rings. The highest BCUT2D eigenvalue weighted by atomic mass is 35.5. The van der Waals surface area contributed by atoms with Gasteiger partial charge in [-0.1, -0.05) is 47.6 Å². The smallest absolute Gasteiger partial charge is 0.240 e. The maximum atomic E-state index is 12.1. The summed E-state index contributed by atoms with van der Waals surface area (Å²) < 4.78 is 0. The Kier molecular flexibility index (Phi) is 5.17. The number of benzene rings is 2. The molecule has 0 unspecified atom stereocenters. The average molecular weight is 360 g/mol. The third kappa shape index (κ3) is 4.37. The van der Waals surface area contributed by atoms with Gasteiger partial charge in [-0.15, -0.1) is 0 Å². The highest BCUT2D eigenvalue weighted by Crippen LogP contribution is 2.25. The van der Waals surface area contributed by atoms with Crippen LogP contribution in [0.25, 0.3) is 0 Å². The molecule has 24 heavy (non-hydrogen) atoms. The Morgan fingerprint density at radius 2 is 2.00 bits per heavy atom. The number of anilines is 1. The standard InChI is InChI=1S/C17H14ClN3O2S/c18-11-5-4-8-13(9-11)19-15(22)10-14-16(23)21-17(24-14)20-12-6-2-1-3-7-12/h1-9,14H,10H2,(H,19,22)(H,20,21,23)/t14-/m0/s1. The number of amides is 2. The molecule has 2 amide bonds. The largest absolute Gasteiger partial charge is 0.326 e. The molecule has 0 spiro atoms. The van der Waals surface area contributed by atoms with Gasteiger partial charge in [-0.05, 0) is 30.3 Å². The number of aliphatic imine (C=N–C) groups is 1. The van der Waals surface area contributed by atoms with E-state index in [1.165, 1.54) is 11.8 Å². The summed E-state index contributed by atoms with van der Waals surface area (Å²) in [6.07, 6.45) is 0.0663. The van der Waals surface area contributed by atoms with Gasteiger partial charge in [0.1, 0.15) is 5.25 Å². The lowest BCUT2D eigenvalue weighted by atomic mass is 10.2. The summed E-state index contributed by atoms with van der Waals surface area (Å²) in [5.41, 5.74) is 1.36. The highest BCUT2D eigenvalue weighted by Gasteiger charge is 2.32. The molecule has 3 rings (SSSR count). The molecule has 122 valence electrons. The first kappa shape index (κ1) is 16.5. The third-order valence-electron chi connectivity index (χ3n) is 3.24. The number of hydrogen-bond acceptors (Lipinski definition) is 4. The van der Waals surface area contributed by atoms with Crippen LogP contribution in [0, 0.1) is 0 Å². The molecule has 5 nitrogen and oxygen atoms in total. The number of amidine groups is 1. The van der Waals surface area contributed by atoms with Gasteiger partial charge in [0.05, 0.1) is 5.69 Å². The lowest BCUT2D eigenvalue weighted by molar-refractivity contribution is -0.122. The van der Waals surface area contributed by atoms with E-state index in [1.807, 2.05) is 30.3 Å². The molecule has 1 aliphatic rings. The molecule has 1 heterocycles. The van der Waals surface area contributed by atoms with Crippen molar-refractivity contribution in [3.05, 3.63) is 59.6 Å². The van der Waals surface area contributed by atoms with Crippen molar-refractivity contribution in [3.63, 3.8) is 0 Å². The second kappa shape index (κ2) is 7.51. The fourth-order valence-electron chi connectivity index (χ4n) is 2.16. The van der Waals surface area contributed by atoms with E-state index in [2.05, 4.69) is 15.6 Å². The molecular formula is C17H14ClN3O2S. The number of nitrogens with zero attached hydrogens (tertiary/aromatic N) is 1. The normalized spacial score (nSPS) is 18.5. The molecule has 0 aromatic heterocycles. The number of halogens is 1. The Balaban J connectivity index is 1.60. The molecule has 0 saturated carbocycles. The van der Waals surface area contributed by atoms with Gasteiger partial charge in [0.2, 0.25) is 11.8 Å². The number of carbonyl (C=O) groups is 2. The van der Waals surface area contributed by atoms with Gasteiger partial charge in [0, 0.05) is 17.1 Å². The Hall–Kier alpha value is -2.31. The summed E-state index contributed by atoms with van der Waals surface area (Å²) in [5, 5.41) is 5.99. The predicted molar refractivity (Wildman–Crippen MR) is 97.8 cm³/mol. The number of rotatable bonds is 4. The number of carbonyl (C=O) groups excluding carboxylic acids is 2. The molecule has 0 radical (unpaired) electrons. The lowest BCUT2D eigenvalue weighted by Gasteiger charge is -2.07. The van der Waals surface area contributed by atoms with Gasteiger partial charge < -0.3 is 10.6 Å². The van der Waals surface area contributed by atoms with Crippen LogP contribution in [0.1, 0.15) is 6.42 Å². The fraction of sp³-hybridized carbons (Fsp3) is 0.118. The topological polar surface area (TPSA) is 70.6 Å². The summed E-state index contributed by atoms with van der Waals surface area (Å²) in [6, 6.07) is 16.2. The molecule has 2 aromatic rings. The summed E-state index contributed by atoms with van der Waals surface area (Å²) in [6.45, 7) is 0. The van der Waals surface area contributed by atoms with E-state index in [0.29, 0.717) is 15.9 Å². The SMILES string of the molecule is O=C(C[C@@H]1SC(=Nc2ccccc2)NC1=O)Nc1cccc(Cl)c1. The van der Waals surface area contributed by atoms with Crippen molar-refractivity contribution in [3.8, 4) is 0 Å². The van der Waals surface area contributed by atoms with E-state index in [0.717, 1.165) is 5.69 Å². The van der Waals surface area contributed by atoms with Crippen molar-refractivity contribution in [2.24, 2.45) is 4.99 Å². The van der Waals surface area contributed by atoms with Gasteiger partial charge in [0.15, 0.2) is 5.17 Å². The van der Waals surface area contributed by atoms with Crippen LogP contribution in [0.2, 0.25) is 5.02 Å². The zero-order valence-electron chi connectivity index (χ0n) is 12.5. The maximum absolute atomic E-state index is 12.1. The molecule has 7 heteroatoms. The second-order valence-electron chi connectivity index (χ2n) is 5.11. The zero-order valence-corrected chi connectivity index (χ0v) is 14.1. The number of thioether (sulfide) groups is 1. The van der Waals surface area contributed by atoms with Crippen LogP contribution in [0.15, 0.2) is 59.6 Å². The highest BCUT2D eigenvalue weighted by molar-refractivity contribution is 8.15. The summed E-state index contributed by atoms with van der Waals surface area (Å²) in [4.78, 5) is 28.5. The van der Waals surface area contributed by atoms with Crippen molar-refractivity contribution in [2.75, 3.05) is 5.32 Å². The van der Waals surface area contributed by atoms with Crippen molar-refractivity contribution in [2.45, 2.75) is 11.7 Å². The minimum absolute atomic E-state index is 0.0663. The van der Waals surface area contributed by atoms with Crippen molar-refractivity contribution in [1.29, 1.82) is 0 Å². The first-order valence-electron chi connectivity index (χ1n) is 7.27. The predicted octanol–water partition coefficient (Wildman–Crippen LogP) is 3.59. The van der Waals surface area contributed by atoms with Crippen LogP contribution in [0.4, 0.5) is 11.4 Å². The van der Waals surface area contributed by atoms with Crippen LogP contribution in [0.3, 0.4) is 0 Å². The van der Waals surface area contributed by atoms with Crippen LogP contribution in [-0.4, -0.2) is 22.2 Å². The van der Waals surface area contributed by atoms with Gasteiger partial charge in [0.25, 0.3) is 0 Å². The van der Waals surface area contributed by atoms with Crippen LogP contribution >= 0.6 is 23.4 Å². The molecular weight excluding hydrogens is 346 g/mol. The molecule has 1 saturated heterocycles. The Morgan fingerprint density at radius 3 is 2.75 bits per heavy atom. The molecule has 0 aliphatic carbocycles. The van der Waals surface area contributed by atoms with Crippen molar-refractivity contribution in [1.82, 2.24) is 5.32 Å². The van der Waals surface area contributed by atoms with E-state index in [1.54, 1.807) is 24.3 Å².